The van der Waals surface area contributed by atoms with E-state index in [0.29, 0.717) is 5.75 Å². The Morgan fingerprint density at radius 3 is 2.76 bits per heavy atom. The first-order chi connectivity index (χ1) is 10.2. The molecule has 1 fully saturated rings. The van der Waals surface area contributed by atoms with E-state index in [1.807, 2.05) is 30.3 Å². The molecule has 21 heavy (non-hydrogen) atoms. The molecule has 1 aliphatic rings. The largest absolute Gasteiger partial charge is 0.507 e. The first-order valence-electron chi connectivity index (χ1n) is 7.81. The Morgan fingerprint density at radius 2 is 2.00 bits per heavy atom. The highest BCUT2D eigenvalue weighted by Gasteiger charge is 2.25. The molecule has 3 rings (SSSR count). The summed E-state index contributed by atoms with van der Waals surface area (Å²) in [6.07, 6.45) is 2.69. The van der Waals surface area contributed by atoms with Gasteiger partial charge < -0.3 is 15.3 Å². The number of rotatable bonds is 6. The van der Waals surface area contributed by atoms with Gasteiger partial charge in [0.05, 0.1) is 0 Å². The third-order valence-electron chi connectivity index (χ3n) is 4.48. The second-order valence-electron chi connectivity index (χ2n) is 6.11. The van der Waals surface area contributed by atoms with Crippen LogP contribution in [0.4, 0.5) is 0 Å². The maximum atomic E-state index is 10.5. The number of hydrogen-bond donors (Lipinski definition) is 2. The Hall–Kier alpha value is -1.58. The molecule has 0 aromatic heterocycles. The van der Waals surface area contributed by atoms with Gasteiger partial charge in [0.25, 0.3) is 0 Å². The van der Waals surface area contributed by atoms with Crippen LogP contribution in [-0.2, 0) is 0 Å². The lowest BCUT2D eigenvalue weighted by molar-refractivity contribution is 0.316. The number of phenols is 1. The molecule has 0 radical (unpaired) electrons. The van der Waals surface area contributed by atoms with Crippen molar-refractivity contribution in [2.45, 2.75) is 31.8 Å². The molecular formula is C18H24N2O. The lowest BCUT2D eigenvalue weighted by atomic mass is 10.0. The number of benzene rings is 2. The predicted octanol–water partition coefficient (Wildman–Crippen LogP) is 3.29. The van der Waals surface area contributed by atoms with Crippen LogP contribution in [0.15, 0.2) is 36.4 Å². The molecule has 2 N–H and O–H groups in total. The van der Waals surface area contributed by atoms with Gasteiger partial charge in [0.15, 0.2) is 0 Å². The van der Waals surface area contributed by atoms with Crippen molar-refractivity contribution < 1.29 is 5.11 Å². The van der Waals surface area contributed by atoms with Gasteiger partial charge in [0.2, 0.25) is 0 Å². The third-order valence-corrected chi connectivity index (χ3v) is 4.48. The topological polar surface area (TPSA) is 35.5 Å². The minimum Gasteiger partial charge on any atom is -0.507 e. The van der Waals surface area contributed by atoms with Crippen LogP contribution < -0.4 is 5.32 Å². The van der Waals surface area contributed by atoms with Gasteiger partial charge in [0, 0.05) is 36.1 Å². The Kier molecular flexibility index (Phi) is 4.13. The summed E-state index contributed by atoms with van der Waals surface area (Å²) < 4.78 is 0. The number of nitrogens with one attached hydrogen (secondary N) is 1. The van der Waals surface area contributed by atoms with E-state index in [-0.39, 0.29) is 6.04 Å². The number of aromatic hydroxyl groups is 1. The Balaban J connectivity index is 1.66. The van der Waals surface area contributed by atoms with Crippen molar-refractivity contribution in [3.63, 3.8) is 0 Å². The van der Waals surface area contributed by atoms with Gasteiger partial charge in [-0.05, 0) is 32.2 Å². The fourth-order valence-corrected chi connectivity index (χ4v) is 2.89. The summed E-state index contributed by atoms with van der Waals surface area (Å²) in [5, 5.41) is 16.0. The van der Waals surface area contributed by atoms with E-state index in [1.165, 1.54) is 12.8 Å². The quantitative estimate of drug-likeness (QED) is 0.854. The molecule has 2 aromatic carbocycles. The van der Waals surface area contributed by atoms with Crippen LogP contribution in [0.1, 0.15) is 31.4 Å². The number of fused-ring (bicyclic) bond motifs is 1. The van der Waals surface area contributed by atoms with Crippen molar-refractivity contribution in [2.75, 3.05) is 20.1 Å². The highest BCUT2D eigenvalue weighted by atomic mass is 16.3. The minimum atomic E-state index is 0.155. The van der Waals surface area contributed by atoms with E-state index < -0.39 is 0 Å². The molecular weight excluding hydrogens is 260 g/mol. The standard InChI is InChI=1S/C18H24N2O/c1-13(19-11-12-20(2)15-8-9-15)16-10-7-14-5-3-4-6-17(14)18(16)21/h3-7,10,13,15,19,21H,8-9,11-12H2,1-2H3. The second kappa shape index (κ2) is 6.04. The van der Waals surface area contributed by atoms with E-state index in [4.69, 9.17) is 0 Å². The third kappa shape index (κ3) is 3.20. The summed E-state index contributed by atoms with van der Waals surface area (Å²) in [5.74, 6) is 0.406. The predicted molar refractivity (Wildman–Crippen MR) is 87.7 cm³/mol. The van der Waals surface area contributed by atoms with Crippen molar-refractivity contribution in [1.29, 1.82) is 0 Å². The summed E-state index contributed by atoms with van der Waals surface area (Å²) in [6, 6.07) is 13.0. The highest BCUT2D eigenvalue weighted by Crippen LogP contribution is 2.32. The molecule has 1 atom stereocenters. The van der Waals surface area contributed by atoms with E-state index in [9.17, 15) is 5.11 Å². The maximum absolute atomic E-state index is 10.5. The molecule has 2 aromatic rings. The number of nitrogens with zero attached hydrogens (tertiary/aromatic N) is 1. The van der Waals surface area contributed by atoms with Crippen molar-refractivity contribution in [3.8, 4) is 5.75 Å². The molecule has 3 nitrogen and oxygen atoms in total. The molecule has 1 aliphatic carbocycles. The average Bonchev–Trinajstić information content (AvgIpc) is 3.32. The van der Waals surface area contributed by atoms with E-state index >= 15 is 0 Å². The zero-order chi connectivity index (χ0) is 14.8. The van der Waals surface area contributed by atoms with Gasteiger partial charge >= 0.3 is 0 Å². The lowest BCUT2D eigenvalue weighted by Crippen LogP contribution is -2.32. The van der Waals surface area contributed by atoms with Gasteiger partial charge in [-0.1, -0.05) is 36.4 Å². The SMILES string of the molecule is CC(NCCN(C)C1CC1)c1ccc2ccccc2c1O. The Bertz CT molecular complexity index is 622. The van der Waals surface area contributed by atoms with Gasteiger partial charge in [-0.25, -0.2) is 0 Å². The molecule has 112 valence electrons. The van der Waals surface area contributed by atoms with Crippen LogP contribution in [-0.4, -0.2) is 36.2 Å². The molecule has 0 aliphatic heterocycles. The molecule has 0 spiro atoms. The van der Waals surface area contributed by atoms with Crippen LogP contribution in [0.3, 0.4) is 0 Å². The number of phenolic OH excluding ortho intramolecular Hbond substituents is 1. The smallest absolute Gasteiger partial charge is 0.128 e. The van der Waals surface area contributed by atoms with Crippen LogP contribution in [0.25, 0.3) is 10.8 Å². The minimum absolute atomic E-state index is 0.155. The first kappa shape index (κ1) is 14.4. The molecule has 0 saturated heterocycles. The lowest BCUT2D eigenvalue weighted by Gasteiger charge is -2.20. The first-order valence-corrected chi connectivity index (χ1v) is 7.81. The highest BCUT2D eigenvalue weighted by molar-refractivity contribution is 5.89. The van der Waals surface area contributed by atoms with E-state index in [0.717, 1.165) is 35.5 Å². The summed E-state index contributed by atoms with van der Waals surface area (Å²) >= 11 is 0. The van der Waals surface area contributed by atoms with Gasteiger partial charge in [-0.3, -0.25) is 0 Å². The van der Waals surface area contributed by atoms with Crippen molar-refractivity contribution >= 4 is 10.8 Å². The van der Waals surface area contributed by atoms with E-state index in [1.54, 1.807) is 0 Å². The van der Waals surface area contributed by atoms with Gasteiger partial charge in [-0.2, -0.15) is 0 Å². The Morgan fingerprint density at radius 1 is 1.24 bits per heavy atom. The van der Waals surface area contributed by atoms with Gasteiger partial charge in [0.1, 0.15) is 5.75 Å². The number of likely N-dealkylation sites (N-methyl/N-ethyl adjacent to an activating group) is 1. The van der Waals surface area contributed by atoms with Gasteiger partial charge in [-0.15, -0.1) is 0 Å². The zero-order valence-corrected chi connectivity index (χ0v) is 12.8. The molecule has 3 heteroatoms. The van der Waals surface area contributed by atoms with Crippen LogP contribution in [0.2, 0.25) is 0 Å². The molecule has 1 saturated carbocycles. The van der Waals surface area contributed by atoms with Crippen LogP contribution in [0.5, 0.6) is 5.75 Å². The summed E-state index contributed by atoms with van der Waals surface area (Å²) in [7, 11) is 2.19. The monoisotopic (exact) mass is 284 g/mol. The fourth-order valence-electron chi connectivity index (χ4n) is 2.89. The summed E-state index contributed by atoms with van der Waals surface area (Å²) in [4.78, 5) is 2.42. The molecule has 0 heterocycles. The van der Waals surface area contributed by atoms with Crippen molar-refractivity contribution in [2.24, 2.45) is 0 Å². The Labute approximate surface area is 126 Å². The maximum Gasteiger partial charge on any atom is 0.128 e. The van der Waals surface area contributed by atoms with Crippen LogP contribution in [0, 0.1) is 0 Å². The average molecular weight is 284 g/mol. The summed E-state index contributed by atoms with van der Waals surface area (Å²) in [5.41, 5.74) is 0.975. The van der Waals surface area contributed by atoms with Crippen LogP contribution >= 0.6 is 0 Å². The molecule has 0 amide bonds. The normalized spacial score (nSPS) is 16.5. The van der Waals surface area contributed by atoms with Crippen molar-refractivity contribution in [3.05, 3.63) is 42.0 Å². The summed E-state index contributed by atoms with van der Waals surface area (Å²) in [6.45, 7) is 4.12. The van der Waals surface area contributed by atoms with E-state index in [2.05, 4.69) is 30.3 Å². The second-order valence-corrected chi connectivity index (χ2v) is 6.11. The number of hydrogen-bond acceptors (Lipinski definition) is 3. The van der Waals surface area contributed by atoms with Crippen molar-refractivity contribution in [1.82, 2.24) is 10.2 Å². The zero-order valence-electron chi connectivity index (χ0n) is 12.8. The molecule has 1 unspecified atom stereocenters. The fraction of sp³-hybridized carbons (Fsp3) is 0.444. The molecule has 0 bridgehead atoms.